The second-order valence-corrected chi connectivity index (χ2v) is 4.86. The standard InChI is InChI=1S/C13H18FN3O/c1-9-3-2-6-17(8-9)13(18)16-12-5-4-10(14)7-11(12)15/h4-5,7,9H,2-3,6,8,15H2,1H3,(H,16,18). The van der Waals surface area contributed by atoms with Gasteiger partial charge in [0.1, 0.15) is 5.82 Å². The number of nitrogens with two attached hydrogens (primary N) is 1. The number of carbonyl (C=O) groups is 1. The third-order valence-electron chi connectivity index (χ3n) is 3.20. The molecule has 4 nitrogen and oxygen atoms in total. The maximum Gasteiger partial charge on any atom is 0.321 e. The Labute approximate surface area is 106 Å². The molecule has 5 heteroatoms. The van der Waals surface area contributed by atoms with Crippen LogP contribution in [0.1, 0.15) is 19.8 Å². The number of benzene rings is 1. The van der Waals surface area contributed by atoms with Crippen molar-refractivity contribution in [1.82, 2.24) is 4.90 Å². The summed E-state index contributed by atoms with van der Waals surface area (Å²) in [7, 11) is 0. The highest BCUT2D eigenvalue weighted by Crippen LogP contribution is 2.21. The zero-order chi connectivity index (χ0) is 13.1. The van der Waals surface area contributed by atoms with Crippen molar-refractivity contribution >= 4 is 17.4 Å². The van der Waals surface area contributed by atoms with Crippen LogP contribution in [0.15, 0.2) is 18.2 Å². The first kappa shape index (κ1) is 12.7. The van der Waals surface area contributed by atoms with Gasteiger partial charge in [0, 0.05) is 13.1 Å². The fourth-order valence-corrected chi connectivity index (χ4v) is 2.22. The molecule has 1 aromatic rings. The molecule has 2 rings (SSSR count). The fourth-order valence-electron chi connectivity index (χ4n) is 2.22. The first-order valence-corrected chi connectivity index (χ1v) is 6.17. The number of anilines is 2. The number of halogens is 1. The molecule has 1 aromatic carbocycles. The van der Waals surface area contributed by atoms with E-state index < -0.39 is 5.82 Å². The monoisotopic (exact) mass is 251 g/mol. The van der Waals surface area contributed by atoms with Crippen LogP contribution in [0.4, 0.5) is 20.6 Å². The Kier molecular flexibility index (Phi) is 3.69. The lowest BCUT2D eigenvalue weighted by Crippen LogP contribution is -2.41. The van der Waals surface area contributed by atoms with Crippen LogP contribution in [0.5, 0.6) is 0 Å². The van der Waals surface area contributed by atoms with Gasteiger partial charge >= 0.3 is 6.03 Å². The molecule has 1 atom stereocenters. The number of nitrogens with zero attached hydrogens (tertiary/aromatic N) is 1. The van der Waals surface area contributed by atoms with Crippen LogP contribution >= 0.6 is 0 Å². The maximum atomic E-state index is 12.9. The smallest absolute Gasteiger partial charge is 0.321 e. The van der Waals surface area contributed by atoms with Crippen molar-refractivity contribution < 1.29 is 9.18 Å². The number of amides is 2. The van der Waals surface area contributed by atoms with E-state index in [-0.39, 0.29) is 11.7 Å². The van der Waals surface area contributed by atoms with Gasteiger partial charge in [-0.05, 0) is 37.0 Å². The van der Waals surface area contributed by atoms with E-state index in [1.165, 1.54) is 18.2 Å². The number of nitrogens with one attached hydrogen (secondary N) is 1. The summed E-state index contributed by atoms with van der Waals surface area (Å²) >= 11 is 0. The second-order valence-electron chi connectivity index (χ2n) is 4.86. The van der Waals surface area contributed by atoms with Gasteiger partial charge in [0.25, 0.3) is 0 Å². The molecule has 1 heterocycles. The van der Waals surface area contributed by atoms with Crippen molar-refractivity contribution in [2.45, 2.75) is 19.8 Å². The maximum absolute atomic E-state index is 12.9. The van der Waals surface area contributed by atoms with Crippen LogP contribution < -0.4 is 11.1 Å². The minimum Gasteiger partial charge on any atom is -0.397 e. The lowest BCUT2D eigenvalue weighted by Gasteiger charge is -2.31. The molecule has 1 aliphatic rings. The molecule has 98 valence electrons. The molecule has 0 spiro atoms. The molecule has 2 amide bonds. The van der Waals surface area contributed by atoms with Crippen LogP contribution in [0.3, 0.4) is 0 Å². The highest BCUT2D eigenvalue weighted by molar-refractivity contribution is 5.92. The van der Waals surface area contributed by atoms with Crippen LogP contribution in [0, 0.1) is 11.7 Å². The quantitative estimate of drug-likeness (QED) is 0.754. The van der Waals surface area contributed by atoms with E-state index in [1.54, 1.807) is 4.90 Å². The Morgan fingerprint density at radius 1 is 1.56 bits per heavy atom. The Bertz CT molecular complexity index is 450. The van der Waals surface area contributed by atoms with Crippen molar-refractivity contribution in [2.24, 2.45) is 5.92 Å². The van der Waals surface area contributed by atoms with Gasteiger partial charge in [-0.2, -0.15) is 0 Å². The van der Waals surface area contributed by atoms with Gasteiger partial charge in [-0.15, -0.1) is 0 Å². The van der Waals surface area contributed by atoms with Crippen molar-refractivity contribution in [2.75, 3.05) is 24.1 Å². The van der Waals surface area contributed by atoms with Crippen molar-refractivity contribution in [1.29, 1.82) is 0 Å². The molecule has 1 saturated heterocycles. The van der Waals surface area contributed by atoms with E-state index in [2.05, 4.69) is 12.2 Å². The molecular weight excluding hydrogens is 233 g/mol. The van der Waals surface area contributed by atoms with Gasteiger partial charge in [-0.3, -0.25) is 0 Å². The summed E-state index contributed by atoms with van der Waals surface area (Å²) in [6.07, 6.45) is 2.18. The summed E-state index contributed by atoms with van der Waals surface area (Å²) in [6.45, 7) is 3.65. The minimum absolute atomic E-state index is 0.167. The Balaban J connectivity index is 2.02. The SMILES string of the molecule is CC1CCCN(C(=O)Nc2ccc(F)cc2N)C1. The van der Waals surface area contributed by atoms with Gasteiger partial charge in [-0.25, -0.2) is 9.18 Å². The predicted molar refractivity (Wildman–Crippen MR) is 69.8 cm³/mol. The average Bonchev–Trinajstić information content (AvgIpc) is 2.32. The molecular formula is C13H18FN3O. The first-order chi connectivity index (χ1) is 8.56. The van der Waals surface area contributed by atoms with Gasteiger partial charge in [-0.1, -0.05) is 6.92 Å². The summed E-state index contributed by atoms with van der Waals surface area (Å²) in [5.41, 5.74) is 6.36. The molecule has 1 aliphatic heterocycles. The third-order valence-corrected chi connectivity index (χ3v) is 3.20. The Morgan fingerprint density at radius 2 is 2.33 bits per heavy atom. The van der Waals surface area contributed by atoms with Crippen LogP contribution in [0.2, 0.25) is 0 Å². The summed E-state index contributed by atoms with van der Waals surface area (Å²) in [4.78, 5) is 13.8. The van der Waals surface area contributed by atoms with Crippen molar-refractivity contribution in [3.05, 3.63) is 24.0 Å². The first-order valence-electron chi connectivity index (χ1n) is 6.17. The highest BCUT2D eigenvalue weighted by Gasteiger charge is 2.21. The largest absolute Gasteiger partial charge is 0.397 e. The Hall–Kier alpha value is -1.78. The predicted octanol–water partition coefficient (Wildman–Crippen LogP) is 2.67. The number of hydrogen-bond acceptors (Lipinski definition) is 2. The number of nitrogen functional groups attached to an aromatic ring is 1. The molecule has 0 aromatic heterocycles. The van der Waals surface area contributed by atoms with E-state index in [0.29, 0.717) is 11.6 Å². The molecule has 0 aliphatic carbocycles. The van der Waals surface area contributed by atoms with Gasteiger partial charge in [0.05, 0.1) is 11.4 Å². The fraction of sp³-hybridized carbons (Fsp3) is 0.462. The molecule has 0 bridgehead atoms. The lowest BCUT2D eigenvalue weighted by molar-refractivity contribution is 0.182. The lowest BCUT2D eigenvalue weighted by atomic mass is 10.0. The van der Waals surface area contributed by atoms with Crippen molar-refractivity contribution in [3.8, 4) is 0 Å². The normalized spacial score (nSPS) is 19.7. The van der Waals surface area contributed by atoms with Gasteiger partial charge < -0.3 is 16.0 Å². The van der Waals surface area contributed by atoms with Gasteiger partial charge in [0.15, 0.2) is 0 Å². The summed E-state index contributed by atoms with van der Waals surface area (Å²) < 4.78 is 12.9. The van der Waals surface area contributed by atoms with Crippen LogP contribution in [0.25, 0.3) is 0 Å². The molecule has 0 radical (unpaired) electrons. The summed E-state index contributed by atoms with van der Waals surface area (Å²) in [6, 6.07) is 3.80. The number of urea groups is 1. The van der Waals surface area contributed by atoms with Gasteiger partial charge in [0.2, 0.25) is 0 Å². The number of carbonyl (C=O) groups excluding carboxylic acids is 1. The third kappa shape index (κ3) is 2.91. The molecule has 3 N–H and O–H groups in total. The van der Waals surface area contributed by atoms with Crippen LogP contribution in [-0.4, -0.2) is 24.0 Å². The van der Waals surface area contributed by atoms with E-state index >= 15 is 0 Å². The molecule has 18 heavy (non-hydrogen) atoms. The number of likely N-dealkylation sites (tertiary alicyclic amines) is 1. The summed E-state index contributed by atoms with van der Waals surface area (Å²) in [5, 5.41) is 2.72. The number of rotatable bonds is 1. The number of piperidine rings is 1. The molecule has 0 saturated carbocycles. The minimum atomic E-state index is -0.405. The zero-order valence-electron chi connectivity index (χ0n) is 10.4. The van der Waals surface area contributed by atoms with E-state index in [4.69, 9.17) is 5.73 Å². The van der Waals surface area contributed by atoms with E-state index in [1.807, 2.05) is 0 Å². The van der Waals surface area contributed by atoms with E-state index in [9.17, 15) is 9.18 Å². The number of hydrogen-bond donors (Lipinski definition) is 2. The van der Waals surface area contributed by atoms with Crippen LogP contribution in [-0.2, 0) is 0 Å². The highest BCUT2D eigenvalue weighted by atomic mass is 19.1. The topological polar surface area (TPSA) is 58.4 Å². The van der Waals surface area contributed by atoms with Crippen molar-refractivity contribution in [3.63, 3.8) is 0 Å². The summed E-state index contributed by atoms with van der Waals surface area (Å²) in [5.74, 6) is 0.118. The second kappa shape index (κ2) is 5.25. The Morgan fingerprint density at radius 3 is 3.00 bits per heavy atom. The molecule has 1 fully saturated rings. The average molecular weight is 251 g/mol. The zero-order valence-corrected chi connectivity index (χ0v) is 10.4. The van der Waals surface area contributed by atoms with E-state index in [0.717, 1.165) is 25.9 Å². The molecule has 1 unspecified atom stereocenters.